The summed E-state index contributed by atoms with van der Waals surface area (Å²) in [6.07, 6.45) is 12.1. The van der Waals surface area contributed by atoms with Crippen LogP contribution >= 0.6 is 0 Å². The molecule has 2 aromatic rings. The summed E-state index contributed by atoms with van der Waals surface area (Å²) in [6.45, 7) is 2.69. The van der Waals surface area contributed by atoms with Crippen molar-refractivity contribution >= 4 is 11.8 Å². The molecule has 30 heavy (non-hydrogen) atoms. The van der Waals surface area contributed by atoms with Gasteiger partial charge in [0, 0.05) is 5.69 Å². The van der Waals surface area contributed by atoms with E-state index in [1.54, 1.807) is 48.5 Å². The lowest BCUT2D eigenvalue weighted by molar-refractivity contribution is 0.159. The fourth-order valence-corrected chi connectivity index (χ4v) is 3.16. The highest BCUT2D eigenvalue weighted by Gasteiger charge is 2.04. The summed E-state index contributed by atoms with van der Waals surface area (Å²) in [5.41, 5.74) is 0.654. The Balaban J connectivity index is 1.53. The van der Waals surface area contributed by atoms with Gasteiger partial charge in [0.2, 0.25) is 0 Å². The van der Waals surface area contributed by atoms with E-state index in [1.165, 1.54) is 51.4 Å². The minimum atomic E-state index is -0.432. The van der Waals surface area contributed by atoms with Crippen LogP contribution in [0.1, 0.15) is 71.1 Å². The van der Waals surface area contributed by atoms with Gasteiger partial charge >= 0.3 is 6.09 Å². The Labute approximate surface area is 180 Å². The van der Waals surface area contributed by atoms with Crippen molar-refractivity contribution in [2.45, 2.75) is 71.1 Å². The van der Waals surface area contributed by atoms with Crippen LogP contribution < -0.4 is 10.1 Å². The van der Waals surface area contributed by atoms with Crippen molar-refractivity contribution in [3.8, 4) is 17.2 Å². The fourth-order valence-electron chi connectivity index (χ4n) is 3.16. The van der Waals surface area contributed by atoms with E-state index in [9.17, 15) is 9.90 Å². The van der Waals surface area contributed by atoms with Gasteiger partial charge in [-0.2, -0.15) is 0 Å². The number of amides is 1. The predicted molar refractivity (Wildman–Crippen MR) is 121 cm³/mol. The summed E-state index contributed by atoms with van der Waals surface area (Å²) in [5, 5.41) is 12.0. The first-order valence-corrected chi connectivity index (χ1v) is 11.2. The summed E-state index contributed by atoms with van der Waals surface area (Å²) in [4.78, 5) is 11.9. The van der Waals surface area contributed by atoms with Crippen LogP contribution in [-0.2, 0) is 4.74 Å². The lowest BCUT2D eigenvalue weighted by atomic mass is 10.1. The molecular formula is C25H35NO4. The molecule has 0 atom stereocenters. The number of aromatic hydroxyl groups is 1. The van der Waals surface area contributed by atoms with Crippen molar-refractivity contribution in [3.63, 3.8) is 0 Å². The Morgan fingerprint density at radius 2 is 1.27 bits per heavy atom. The number of carbonyl (C=O) groups excluding carboxylic acids is 1. The molecule has 5 heteroatoms. The molecule has 5 nitrogen and oxygen atoms in total. The van der Waals surface area contributed by atoms with Crippen LogP contribution in [0, 0.1) is 0 Å². The highest BCUT2D eigenvalue weighted by molar-refractivity contribution is 5.84. The molecule has 2 rings (SSSR count). The molecule has 0 saturated carbocycles. The molecule has 0 aliphatic heterocycles. The van der Waals surface area contributed by atoms with E-state index in [0.29, 0.717) is 23.8 Å². The predicted octanol–water partition coefficient (Wildman–Crippen LogP) is 7.65. The summed E-state index contributed by atoms with van der Waals surface area (Å²) in [7, 11) is 0. The van der Waals surface area contributed by atoms with Crippen molar-refractivity contribution in [2.24, 2.45) is 0 Å². The van der Waals surface area contributed by atoms with Crippen molar-refractivity contribution in [1.82, 2.24) is 0 Å². The fraction of sp³-hybridized carbons (Fsp3) is 0.480. The van der Waals surface area contributed by atoms with Crippen LogP contribution in [0.25, 0.3) is 0 Å². The lowest BCUT2D eigenvalue weighted by Gasteiger charge is -2.09. The molecule has 0 radical (unpaired) electrons. The highest BCUT2D eigenvalue weighted by Crippen LogP contribution is 2.24. The van der Waals surface area contributed by atoms with Crippen LogP contribution in [0.15, 0.2) is 48.5 Å². The first kappa shape index (κ1) is 23.6. The molecule has 0 aliphatic rings. The second-order valence-corrected chi connectivity index (χ2v) is 7.56. The smallest absolute Gasteiger partial charge is 0.411 e. The van der Waals surface area contributed by atoms with E-state index >= 15 is 0 Å². The SMILES string of the molecule is CCCCCCCCCCCCOC(=O)Nc1ccc(Oc2ccc(O)cc2)cc1. The highest BCUT2D eigenvalue weighted by atomic mass is 16.5. The molecular weight excluding hydrogens is 378 g/mol. The summed E-state index contributed by atoms with van der Waals surface area (Å²) >= 11 is 0. The lowest BCUT2D eigenvalue weighted by Crippen LogP contribution is -2.14. The van der Waals surface area contributed by atoms with Crippen LogP contribution in [-0.4, -0.2) is 17.8 Å². The van der Waals surface area contributed by atoms with Crippen LogP contribution in [0.2, 0.25) is 0 Å². The van der Waals surface area contributed by atoms with Crippen LogP contribution in [0.4, 0.5) is 10.5 Å². The van der Waals surface area contributed by atoms with E-state index in [0.717, 1.165) is 12.8 Å². The molecule has 0 spiro atoms. The topological polar surface area (TPSA) is 67.8 Å². The number of hydrogen-bond donors (Lipinski definition) is 2. The summed E-state index contributed by atoms with van der Waals surface area (Å²) < 4.78 is 10.9. The summed E-state index contributed by atoms with van der Waals surface area (Å²) in [6, 6.07) is 13.6. The number of phenols is 1. The third kappa shape index (κ3) is 10.2. The van der Waals surface area contributed by atoms with Gasteiger partial charge in [-0.25, -0.2) is 4.79 Å². The number of phenolic OH excluding ortho intramolecular Hbond substituents is 1. The van der Waals surface area contributed by atoms with Gasteiger partial charge in [0.15, 0.2) is 0 Å². The Morgan fingerprint density at radius 3 is 1.83 bits per heavy atom. The van der Waals surface area contributed by atoms with Crippen molar-refractivity contribution in [3.05, 3.63) is 48.5 Å². The van der Waals surface area contributed by atoms with Gasteiger partial charge in [0.1, 0.15) is 17.2 Å². The van der Waals surface area contributed by atoms with Gasteiger partial charge in [-0.1, -0.05) is 64.7 Å². The molecule has 0 fully saturated rings. The first-order valence-electron chi connectivity index (χ1n) is 11.2. The third-order valence-electron chi connectivity index (χ3n) is 4.90. The quantitative estimate of drug-likeness (QED) is 0.312. The zero-order valence-corrected chi connectivity index (χ0v) is 18.1. The molecule has 0 saturated heterocycles. The molecule has 0 aromatic heterocycles. The molecule has 1 amide bonds. The Kier molecular flexibility index (Phi) is 11.3. The normalized spacial score (nSPS) is 10.6. The monoisotopic (exact) mass is 413 g/mol. The number of nitrogens with one attached hydrogen (secondary N) is 1. The number of hydrogen-bond acceptors (Lipinski definition) is 4. The third-order valence-corrected chi connectivity index (χ3v) is 4.90. The van der Waals surface area contributed by atoms with Gasteiger partial charge in [-0.05, 0) is 55.0 Å². The number of ether oxygens (including phenoxy) is 2. The maximum Gasteiger partial charge on any atom is 0.411 e. The standard InChI is InChI=1S/C25H35NO4/c1-2-3-4-5-6-7-8-9-10-11-20-29-25(28)26-21-12-16-23(17-13-21)30-24-18-14-22(27)15-19-24/h12-19,27H,2-11,20H2,1H3,(H,26,28). The van der Waals surface area contributed by atoms with Crippen molar-refractivity contribution in [2.75, 3.05) is 11.9 Å². The van der Waals surface area contributed by atoms with Gasteiger partial charge in [0.05, 0.1) is 6.61 Å². The number of rotatable bonds is 14. The largest absolute Gasteiger partial charge is 0.508 e. The number of carbonyl (C=O) groups is 1. The van der Waals surface area contributed by atoms with E-state index < -0.39 is 6.09 Å². The average molecular weight is 414 g/mol. The summed E-state index contributed by atoms with van der Waals surface area (Å²) in [5.74, 6) is 1.47. The van der Waals surface area contributed by atoms with Gasteiger partial charge < -0.3 is 14.6 Å². The Hall–Kier alpha value is -2.69. The van der Waals surface area contributed by atoms with Gasteiger partial charge in [0.25, 0.3) is 0 Å². The molecule has 164 valence electrons. The van der Waals surface area contributed by atoms with E-state index in [2.05, 4.69) is 12.2 Å². The Bertz CT molecular complexity index is 713. The van der Waals surface area contributed by atoms with Gasteiger partial charge in [-0.15, -0.1) is 0 Å². The van der Waals surface area contributed by atoms with E-state index in [4.69, 9.17) is 9.47 Å². The number of unbranched alkanes of at least 4 members (excludes halogenated alkanes) is 9. The molecule has 2 aromatic carbocycles. The van der Waals surface area contributed by atoms with Crippen molar-refractivity contribution < 1.29 is 19.4 Å². The molecule has 0 aliphatic carbocycles. The minimum Gasteiger partial charge on any atom is -0.508 e. The zero-order chi connectivity index (χ0) is 21.4. The van der Waals surface area contributed by atoms with Gasteiger partial charge in [-0.3, -0.25) is 5.32 Å². The van der Waals surface area contributed by atoms with E-state index in [-0.39, 0.29) is 5.75 Å². The van der Waals surface area contributed by atoms with Crippen LogP contribution in [0.5, 0.6) is 17.2 Å². The Morgan fingerprint density at radius 1 is 0.767 bits per heavy atom. The molecule has 0 unspecified atom stereocenters. The zero-order valence-electron chi connectivity index (χ0n) is 18.1. The number of anilines is 1. The maximum absolute atomic E-state index is 11.9. The second-order valence-electron chi connectivity index (χ2n) is 7.56. The average Bonchev–Trinajstić information content (AvgIpc) is 2.75. The van der Waals surface area contributed by atoms with Crippen molar-refractivity contribution in [1.29, 1.82) is 0 Å². The number of benzene rings is 2. The van der Waals surface area contributed by atoms with Crippen LogP contribution in [0.3, 0.4) is 0 Å². The first-order chi connectivity index (χ1) is 14.7. The second kappa shape index (κ2) is 14.3. The minimum absolute atomic E-state index is 0.193. The molecule has 0 bridgehead atoms. The van der Waals surface area contributed by atoms with E-state index in [1.807, 2.05) is 0 Å². The molecule has 2 N–H and O–H groups in total. The maximum atomic E-state index is 11.9. The molecule has 0 heterocycles.